The van der Waals surface area contributed by atoms with Gasteiger partial charge >= 0.3 is 0 Å². The van der Waals surface area contributed by atoms with E-state index in [2.05, 4.69) is 198 Å². The van der Waals surface area contributed by atoms with Crippen molar-refractivity contribution in [1.29, 1.82) is 0 Å². The highest BCUT2D eigenvalue weighted by atomic mass is 14.3. The summed E-state index contributed by atoms with van der Waals surface area (Å²) in [6.45, 7) is 8.97. The first-order chi connectivity index (χ1) is 32.4. The fourth-order valence-electron chi connectivity index (χ4n) is 13.7. The summed E-state index contributed by atoms with van der Waals surface area (Å²) >= 11 is 0. The molecule has 16 rings (SSSR count). The van der Waals surface area contributed by atoms with Crippen LogP contribution in [0.1, 0.15) is 22.3 Å². The van der Waals surface area contributed by atoms with Gasteiger partial charge in [0.05, 0.1) is 0 Å². The Morgan fingerprint density at radius 3 is 0.742 bits per heavy atom. The first-order valence-electron chi connectivity index (χ1n) is 23.5. The molecule has 0 saturated carbocycles. The molecule has 0 bridgehead atoms. The summed E-state index contributed by atoms with van der Waals surface area (Å²) in [4.78, 5) is 0. The Kier molecular flexibility index (Phi) is 6.41. The molecule has 0 amide bonds. The molecule has 0 radical (unpaired) electrons. The molecule has 0 aliphatic rings. The number of hydrogen-bond donors (Lipinski definition) is 0. The van der Waals surface area contributed by atoms with Crippen LogP contribution in [0.2, 0.25) is 0 Å². The highest BCUT2D eigenvalue weighted by Gasteiger charge is 2.24. The zero-order valence-corrected chi connectivity index (χ0v) is 37.2. The van der Waals surface area contributed by atoms with Gasteiger partial charge in [-0.3, -0.25) is 0 Å². The molecule has 0 saturated heterocycles. The fourth-order valence-corrected chi connectivity index (χ4v) is 13.7. The predicted molar refractivity (Wildman–Crippen MR) is 289 cm³/mol. The lowest BCUT2D eigenvalue weighted by Crippen LogP contribution is -1.92. The highest BCUT2D eigenvalue weighted by molar-refractivity contribution is 6.45. The van der Waals surface area contributed by atoms with Crippen molar-refractivity contribution in [1.82, 2.24) is 0 Å². The van der Waals surface area contributed by atoms with Crippen LogP contribution in [-0.2, 0) is 0 Å². The Morgan fingerprint density at radius 2 is 0.424 bits per heavy atom. The van der Waals surface area contributed by atoms with Gasteiger partial charge in [0.1, 0.15) is 0 Å². The van der Waals surface area contributed by atoms with Crippen molar-refractivity contribution in [2.45, 2.75) is 27.7 Å². The normalized spacial score (nSPS) is 12.8. The Hall–Kier alpha value is -8.06. The monoisotopic (exact) mass is 832 g/mol. The first kappa shape index (κ1) is 35.3. The SMILES string of the molecule is Cc1cccc(C)c1-c1ccc2c3ccc4c5cc6cc7c(cc6cc5c5ccc(c6cccc1c62)c3c54)c1ccc2c3cccc4c(-c5c(C)cccc5C)ccc(c5ccc7c1c25)c43. The Labute approximate surface area is 380 Å². The molecule has 0 N–H and O–H groups in total. The molecule has 16 aromatic rings. The number of benzene rings is 14. The summed E-state index contributed by atoms with van der Waals surface area (Å²) in [6.07, 6.45) is 0. The number of hydrogen-bond acceptors (Lipinski definition) is 0. The molecule has 0 heterocycles. The van der Waals surface area contributed by atoms with Crippen molar-refractivity contribution in [3.8, 4) is 22.3 Å². The van der Waals surface area contributed by atoms with Crippen LogP contribution >= 0.6 is 0 Å². The number of aryl methyl sites for hydroxylation is 4. The average Bonchev–Trinajstić information content (AvgIpc) is 3.82. The summed E-state index contributed by atoms with van der Waals surface area (Å²) in [5.74, 6) is 0. The quantitative estimate of drug-likeness (QED) is 0.120. The minimum atomic E-state index is 1.30. The molecular formula is C66H40. The molecule has 0 aliphatic heterocycles. The molecule has 0 fully saturated rings. The molecule has 0 aliphatic carbocycles. The first-order valence-corrected chi connectivity index (χ1v) is 23.5. The topological polar surface area (TPSA) is 0 Å². The zero-order chi connectivity index (χ0) is 43.4. The van der Waals surface area contributed by atoms with E-state index in [4.69, 9.17) is 0 Å². The molecule has 66 heavy (non-hydrogen) atoms. The van der Waals surface area contributed by atoms with Crippen LogP contribution in [0.15, 0.2) is 170 Å². The molecule has 304 valence electrons. The Bertz CT molecular complexity index is 4310. The molecule has 0 nitrogen and oxygen atoms in total. The van der Waals surface area contributed by atoms with E-state index < -0.39 is 0 Å². The van der Waals surface area contributed by atoms with Crippen LogP contribution in [0.3, 0.4) is 0 Å². The second kappa shape index (κ2) is 12.0. The summed E-state index contributed by atoms with van der Waals surface area (Å²) in [5.41, 5.74) is 10.6. The van der Waals surface area contributed by atoms with Crippen molar-refractivity contribution >= 4 is 140 Å². The van der Waals surface area contributed by atoms with Crippen molar-refractivity contribution in [3.05, 3.63) is 192 Å². The van der Waals surface area contributed by atoms with Gasteiger partial charge in [-0.2, -0.15) is 0 Å². The molecule has 0 spiro atoms. The van der Waals surface area contributed by atoms with Crippen molar-refractivity contribution in [2.75, 3.05) is 0 Å². The van der Waals surface area contributed by atoms with Gasteiger partial charge in [0.25, 0.3) is 0 Å². The molecule has 0 unspecified atom stereocenters. The third-order valence-corrected chi connectivity index (χ3v) is 16.3. The molecule has 0 atom stereocenters. The maximum Gasteiger partial charge on any atom is -0.00139 e. The van der Waals surface area contributed by atoms with Gasteiger partial charge in [-0.15, -0.1) is 0 Å². The third-order valence-electron chi connectivity index (χ3n) is 16.3. The summed E-state index contributed by atoms with van der Waals surface area (Å²) in [5, 5.41) is 35.0. The van der Waals surface area contributed by atoms with E-state index >= 15 is 0 Å². The largest absolute Gasteiger partial charge is 0.0617 e. The second-order valence-corrected chi connectivity index (χ2v) is 19.6. The minimum absolute atomic E-state index is 1.30. The van der Waals surface area contributed by atoms with E-state index in [0.717, 1.165) is 0 Å². The van der Waals surface area contributed by atoms with Gasteiger partial charge < -0.3 is 0 Å². The second-order valence-electron chi connectivity index (χ2n) is 19.6. The standard InChI is InChI=1S/C66H40/c1-33-9-5-10-34(2)59(33)43-17-19-45-49-23-27-53-57-31-38-32-58-54-28-24-50-46-20-18-44(60-35(3)11-6-12-36(60)4)40-14-8-16-42(62(40)46)48-22-26-52(66(54)64(48)50)56(58)30-37(38)29-55(57)51-25-21-47(63(49)65(51)53)41-15-7-13-39(43)61(41)45/h5-32H,1-4H3. The average molecular weight is 833 g/mol. The number of rotatable bonds is 2. The van der Waals surface area contributed by atoms with Crippen molar-refractivity contribution in [2.24, 2.45) is 0 Å². The van der Waals surface area contributed by atoms with Crippen LogP contribution < -0.4 is 0 Å². The maximum absolute atomic E-state index is 2.49. The predicted octanol–water partition coefficient (Wildman–Crippen LogP) is 19.0. The summed E-state index contributed by atoms with van der Waals surface area (Å²) < 4.78 is 0. The Morgan fingerprint density at radius 1 is 0.197 bits per heavy atom. The van der Waals surface area contributed by atoms with E-state index in [1.165, 1.54) is 185 Å². The molecular weight excluding hydrogens is 793 g/mol. The van der Waals surface area contributed by atoms with Crippen LogP contribution in [0.5, 0.6) is 0 Å². The van der Waals surface area contributed by atoms with Gasteiger partial charge in [-0.05, 0) is 237 Å². The fraction of sp³-hybridized carbons (Fsp3) is 0.0606. The van der Waals surface area contributed by atoms with E-state index in [1.807, 2.05) is 0 Å². The highest BCUT2D eigenvalue weighted by Crippen LogP contribution is 2.52. The Balaban J connectivity index is 0.936. The van der Waals surface area contributed by atoms with E-state index in [1.54, 1.807) is 0 Å². The van der Waals surface area contributed by atoms with Gasteiger partial charge in [0, 0.05) is 0 Å². The van der Waals surface area contributed by atoms with Gasteiger partial charge in [0.2, 0.25) is 0 Å². The minimum Gasteiger partial charge on any atom is -0.0617 e. The van der Waals surface area contributed by atoms with Crippen LogP contribution in [0.4, 0.5) is 0 Å². The molecule has 0 heteroatoms. The zero-order valence-electron chi connectivity index (χ0n) is 37.2. The van der Waals surface area contributed by atoms with E-state index in [0.29, 0.717) is 0 Å². The van der Waals surface area contributed by atoms with Gasteiger partial charge in [-0.25, -0.2) is 0 Å². The summed E-state index contributed by atoms with van der Waals surface area (Å²) in [7, 11) is 0. The molecule has 16 aromatic carbocycles. The molecule has 0 aromatic heterocycles. The lowest BCUT2D eigenvalue weighted by molar-refractivity contribution is 1.39. The van der Waals surface area contributed by atoms with Crippen molar-refractivity contribution < 1.29 is 0 Å². The van der Waals surface area contributed by atoms with E-state index in [9.17, 15) is 0 Å². The van der Waals surface area contributed by atoms with Gasteiger partial charge in [-0.1, -0.05) is 146 Å². The summed E-state index contributed by atoms with van der Waals surface area (Å²) in [6, 6.07) is 66.0. The van der Waals surface area contributed by atoms with Gasteiger partial charge in [0.15, 0.2) is 0 Å². The maximum atomic E-state index is 2.49. The van der Waals surface area contributed by atoms with Crippen LogP contribution in [-0.4, -0.2) is 0 Å². The van der Waals surface area contributed by atoms with Crippen LogP contribution in [0.25, 0.3) is 162 Å². The van der Waals surface area contributed by atoms with Crippen LogP contribution in [0, 0.1) is 27.7 Å². The van der Waals surface area contributed by atoms with E-state index in [-0.39, 0.29) is 0 Å². The lowest BCUT2D eigenvalue weighted by atomic mass is 9.85. The third kappa shape index (κ3) is 4.14. The smallest absolute Gasteiger partial charge is 0.00139 e. The lowest BCUT2D eigenvalue weighted by Gasteiger charge is -2.18. The number of fused-ring (bicyclic) bond motifs is 11. The van der Waals surface area contributed by atoms with Crippen molar-refractivity contribution in [3.63, 3.8) is 0 Å².